The van der Waals surface area contributed by atoms with Gasteiger partial charge in [0, 0.05) is 11.9 Å². The second-order valence-corrected chi connectivity index (χ2v) is 4.31. The van der Waals surface area contributed by atoms with E-state index in [1.807, 2.05) is 0 Å². The molecule has 2 N–H and O–H groups in total. The van der Waals surface area contributed by atoms with Crippen molar-refractivity contribution >= 4 is 29.1 Å². The molecule has 0 aliphatic heterocycles. The van der Waals surface area contributed by atoms with Crippen molar-refractivity contribution in [1.82, 2.24) is 5.32 Å². The Morgan fingerprint density at radius 1 is 1.60 bits per heavy atom. The van der Waals surface area contributed by atoms with E-state index in [0.717, 1.165) is 0 Å². The Hall–Kier alpha value is -0.930. The number of phenols is 1. The molecule has 0 aromatic heterocycles. The first-order valence-corrected chi connectivity index (χ1v) is 5.23. The molecular formula is C10H11Cl2NO2. The van der Waals surface area contributed by atoms with Crippen LogP contribution in [0.1, 0.15) is 17.3 Å². The Morgan fingerprint density at radius 3 is 2.87 bits per heavy atom. The average Bonchev–Trinajstić information content (AvgIpc) is 2.18. The van der Waals surface area contributed by atoms with Crippen LogP contribution in [0.4, 0.5) is 0 Å². The van der Waals surface area contributed by atoms with Gasteiger partial charge in [0.1, 0.15) is 5.75 Å². The Labute approximate surface area is 98.0 Å². The number of rotatable bonds is 3. The molecule has 1 amide bonds. The molecule has 1 aromatic carbocycles. The van der Waals surface area contributed by atoms with Crippen LogP contribution in [0.25, 0.3) is 0 Å². The van der Waals surface area contributed by atoms with E-state index < -0.39 is 0 Å². The van der Waals surface area contributed by atoms with Crippen molar-refractivity contribution in [2.24, 2.45) is 0 Å². The van der Waals surface area contributed by atoms with Crippen molar-refractivity contribution in [1.29, 1.82) is 0 Å². The summed E-state index contributed by atoms with van der Waals surface area (Å²) in [6, 6.07) is 4.20. The molecule has 0 saturated heterocycles. The highest BCUT2D eigenvalue weighted by molar-refractivity contribution is 6.33. The molecule has 0 fully saturated rings. The zero-order valence-electron chi connectivity index (χ0n) is 8.13. The predicted molar refractivity (Wildman–Crippen MR) is 60.8 cm³/mol. The van der Waals surface area contributed by atoms with Gasteiger partial charge in [0.05, 0.1) is 10.6 Å². The van der Waals surface area contributed by atoms with E-state index >= 15 is 0 Å². The normalized spacial score (nSPS) is 12.2. The lowest BCUT2D eigenvalue weighted by Crippen LogP contribution is -2.28. The van der Waals surface area contributed by atoms with Gasteiger partial charge >= 0.3 is 0 Å². The Bertz CT molecular complexity index is 366. The van der Waals surface area contributed by atoms with E-state index in [1.54, 1.807) is 6.92 Å². The topological polar surface area (TPSA) is 49.3 Å². The van der Waals surface area contributed by atoms with E-state index in [2.05, 4.69) is 5.32 Å². The number of hydrogen-bond donors (Lipinski definition) is 2. The van der Waals surface area contributed by atoms with Gasteiger partial charge in [0.25, 0.3) is 5.91 Å². The molecule has 0 heterocycles. The summed E-state index contributed by atoms with van der Waals surface area (Å²) in [5.74, 6) is -0.341. The van der Waals surface area contributed by atoms with Crippen molar-refractivity contribution in [2.45, 2.75) is 12.3 Å². The third kappa shape index (κ3) is 3.61. The molecule has 0 saturated carbocycles. The summed E-state index contributed by atoms with van der Waals surface area (Å²) in [6.07, 6.45) is 0. The first kappa shape index (κ1) is 12.1. The summed E-state index contributed by atoms with van der Waals surface area (Å²) in [6.45, 7) is 2.12. The average molecular weight is 248 g/mol. The molecule has 5 heteroatoms. The summed E-state index contributed by atoms with van der Waals surface area (Å²) in [5.41, 5.74) is 0.244. The summed E-state index contributed by atoms with van der Waals surface area (Å²) in [7, 11) is 0. The summed E-state index contributed by atoms with van der Waals surface area (Å²) >= 11 is 11.5. The van der Waals surface area contributed by atoms with Crippen LogP contribution in [0.5, 0.6) is 5.75 Å². The molecule has 15 heavy (non-hydrogen) atoms. The molecule has 3 nitrogen and oxygen atoms in total. The first-order chi connectivity index (χ1) is 7.00. The molecule has 0 aliphatic rings. The quantitative estimate of drug-likeness (QED) is 0.807. The second kappa shape index (κ2) is 5.24. The van der Waals surface area contributed by atoms with Crippen LogP contribution < -0.4 is 5.32 Å². The number of carbonyl (C=O) groups excluding carboxylic acids is 1. The number of nitrogens with one attached hydrogen (secondary N) is 1. The SMILES string of the molecule is CC(Cl)CNC(=O)c1cc(O)ccc1Cl. The fourth-order valence-corrected chi connectivity index (χ4v) is 1.30. The van der Waals surface area contributed by atoms with Crippen LogP contribution >= 0.6 is 23.2 Å². The molecule has 0 bridgehead atoms. The minimum atomic E-state index is -0.344. The van der Waals surface area contributed by atoms with Gasteiger partial charge in [0.15, 0.2) is 0 Å². The maximum Gasteiger partial charge on any atom is 0.252 e. The fourth-order valence-electron chi connectivity index (χ4n) is 1.02. The van der Waals surface area contributed by atoms with E-state index in [9.17, 15) is 9.90 Å². The van der Waals surface area contributed by atoms with Gasteiger partial charge in [-0.1, -0.05) is 11.6 Å². The van der Waals surface area contributed by atoms with Crippen LogP contribution in [0.15, 0.2) is 18.2 Å². The standard InChI is InChI=1S/C10H11Cl2NO2/c1-6(11)5-13-10(15)8-4-7(14)2-3-9(8)12/h2-4,6,14H,5H2,1H3,(H,13,15). The Balaban J connectivity index is 2.77. The second-order valence-electron chi connectivity index (χ2n) is 3.15. The predicted octanol–water partition coefficient (Wildman–Crippen LogP) is 2.40. The van der Waals surface area contributed by atoms with Crippen LogP contribution in [0.3, 0.4) is 0 Å². The van der Waals surface area contributed by atoms with Crippen molar-refractivity contribution in [2.75, 3.05) is 6.54 Å². The molecule has 0 radical (unpaired) electrons. The van der Waals surface area contributed by atoms with Gasteiger partial charge in [0.2, 0.25) is 0 Å². The van der Waals surface area contributed by atoms with Crippen LogP contribution in [-0.2, 0) is 0 Å². The highest BCUT2D eigenvalue weighted by Gasteiger charge is 2.11. The van der Waals surface area contributed by atoms with Crippen molar-refractivity contribution in [3.63, 3.8) is 0 Å². The summed E-state index contributed by atoms with van der Waals surface area (Å²) in [5, 5.41) is 11.9. The van der Waals surface area contributed by atoms with Crippen molar-refractivity contribution in [3.8, 4) is 5.75 Å². The third-order valence-electron chi connectivity index (χ3n) is 1.74. The fraction of sp³-hybridized carbons (Fsp3) is 0.300. The van der Waals surface area contributed by atoms with E-state index in [-0.39, 0.29) is 22.6 Å². The van der Waals surface area contributed by atoms with Gasteiger partial charge in [-0.25, -0.2) is 0 Å². The van der Waals surface area contributed by atoms with Gasteiger partial charge in [-0.05, 0) is 25.1 Å². The zero-order chi connectivity index (χ0) is 11.4. The first-order valence-electron chi connectivity index (χ1n) is 4.41. The van der Waals surface area contributed by atoms with Crippen molar-refractivity contribution < 1.29 is 9.90 Å². The van der Waals surface area contributed by atoms with Gasteiger partial charge in [-0.15, -0.1) is 11.6 Å². The Kier molecular flexibility index (Phi) is 4.24. The molecule has 0 spiro atoms. The number of carbonyl (C=O) groups is 1. The lowest BCUT2D eigenvalue weighted by molar-refractivity contribution is 0.0953. The monoisotopic (exact) mass is 247 g/mol. The van der Waals surface area contributed by atoms with Gasteiger partial charge in [-0.3, -0.25) is 4.79 Å². The Morgan fingerprint density at radius 2 is 2.27 bits per heavy atom. The number of hydrogen-bond acceptors (Lipinski definition) is 2. The number of amides is 1. The molecular weight excluding hydrogens is 237 g/mol. The molecule has 1 aromatic rings. The number of phenolic OH excluding ortho intramolecular Hbond substituents is 1. The van der Waals surface area contributed by atoms with E-state index in [0.29, 0.717) is 11.6 Å². The largest absolute Gasteiger partial charge is 0.508 e. The van der Waals surface area contributed by atoms with E-state index in [4.69, 9.17) is 23.2 Å². The van der Waals surface area contributed by atoms with Crippen molar-refractivity contribution in [3.05, 3.63) is 28.8 Å². The zero-order valence-corrected chi connectivity index (χ0v) is 9.64. The lowest BCUT2D eigenvalue weighted by atomic mass is 10.2. The highest BCUT2D eigenvalue weighted by Crippen LogP contribution is 2.20. The minimum absolute atomic E-state index is 0.00321. The number of alkyl halides is 1. The van der Waals surface area contributed by atoms with Crippen LogP contribution in [0.2, 0.25) is 5.02 Å². The highest BCUT2D eigenvalue weighted by atomic mass is 35.5. The molecule has 1 atom stereocenters. The molecule has 0 aliphatic carbocycles. The molecule has 1 unspecified atom stereocenters. The van der Waals surface area contributed by atoms with Gasteiger partial charge < -0.3 is 10.4 Å². The number of benzene rings is 1. The van der Waals surface area contributed by atoms with Crippen LogP contribution in [-0.4, -0.2) is 22.9 Å². The number of aromatic hydroxyl groups is 1. The lowest BCUT2D eigenvalue weighted by Gasteiger charge is -2.07. The van der Waals surface area contributed by atoms with E-state index in [1.165, 1.54) is 18.2 Å². The maximum atomic E-state index is 11.6. The minimum Gasteiger partial charge on any atom is -0.508 e. The molecule has 82 valence electrons. The molecule has 1 rings (SSSR count). The van der Waals surface area contributed by atoms with Gasteiger partial charge in [-0.2, -0.15) is 0 Å². The smallest absolute Gasteiger partial charge is 0.252 e. The number of halogens is 2. The summed E-state index contributed by atoms with van der Waals surface area (Å²) < 4.78 is 0. The third-order valence-corrected chi connectivity index (χ3v) is 2.22. The maximum absolute atomic E-state index is 11.6. The summed E-state index contributed by atoms with van der Waals surface area (Å²) in [4.78, 5) is 11.6. The van der Waals surface area contributed by atoms with Crippen LogP contribution in [0, 0.1) is 0 Å².